The predicted molar refractivity (Wildman–Crippen MR) is 64.3 cm³/mol. The van der Waals surface area contributed by atoms with Gasteiger partial charge in [0, 0.05) is 18.3 Å². The van der Waals surface area contributed by atoms with Crippen LogP contribution < -0.4 is 0 Å². The van der Waals surface area contributed by atoms with E-state index >= 15 is 0 Å². The van der Waals surface area contributed by atoms with Crippen molar-refractivity contribution in [2.75, 3.05) is 0 Å². The molecular formula is C12H10N4O2. The Morgan fingerprint density at radius 3 is 2.89 bits per heavy atom. The maximum absolute atomic E-state index is 10.6. The summed E-state index contributed by atoms with van der Waals surface area (Å²) in [6.07, 6.45) is 4.36. The maximum atomic E-state index is 10.6. The normalized spacial score (nSPS) is 10.0. The summed E-state index contributed by atoms with van der Waals surface area (Å²) in [6.45, 7) is 2.00. The third kappa shape index (κ3) is 2.06. The molecule has 90 valence electrons. The minimum atomic E-state index is -0.523. The van der Waals surface area contributed by atoms with Crippen LogP contribution in [0.15, 0.2) is 30.6 Å². The van der Waals surface area contributed by atoms with Gasteiger partial charge in [-0.1, -0.05) is 6.92 Å². The van der Waals surface area contributed by atoms with Crippen LogP contribution in [0.5, 0.6) is 0 Å². The lowest BCUT2D eigenvalue weighted by Gasteiger charge is -2.03. The van der Waals surface area contributed by atoms with Crippen LogP contribution in [0, 0.1) is 21.4 Å². The van der Waals surface area contributed by atoms with Gasteiger partial charge in [0.05, 0.1) is 22.4 Å². The van der Waals surface area contributed by atoms with Gasteiger partial charge >= 0.3 is 0 Å². The van der Waals surface area contributed by atoms with Crippen LogP contribution in [0.25, 0.3) is 5.69 Å². The van der Waals surface area contributed by atoms with Crippen LogP contribution in [0.2, 0.25) is 0 Å². The van der Waals surface area contributed by atoms with Crippen LogP contribution in [0.3, 0.4) is 0 Å². The smallest absolute Gasteiger partial charge is 0.258 e. The lowest BCUT2D eigenvalue weighted by molar-refractivity contribution is -0.384. The highest BCUT2D eigenvalue weighted by atomic mass is 16.6. The summed E-state index contributed by atoms with van der Waals surface area (Å²) in [5.41, 5.74) is 1.72. The molecule has 1 aromatic heterocycles. The minimum absolute atomic E-state index is 0.0989. The monoisotopic (exact) mass is 242 g/mol. The molecule has 1 aromatic carbocycles. The molecule has 0 saturated carbocycles. The number of rotatable bonds is 3. The fraction of sp³-hybridized carbons (Fsp3) is 0.167. The quantitative estimate of drug-likeness (QED) is 0.610. The standard InChI is InChI=1S/C12H10N4O2/c1-2-9-7-14-15(8-9)12-4-3-11(16(17)18)5-10(12)6-13/h3-5,7-8H,2H2,1H3. The van der Waals surface area contributed by atoms with E-state index in [4.69, 9.17) is 5.26 Å². The molecule has 0 spiro atoms. The summed E-state index contributed by atoms with van der Waals surface area (Å²) in [6, 6.07) is 6.10. The number of nitro groups is 1. The first-order valence-corrected chi connectivity index (χ1v) is 5.38. The van der Waals surface area contributed by atoms with Crippen LogP contribution in [-0.4, -0.2) is 14.7 Å². The van der Waals surface area contributed by atoms with Crippen LogP contribution in [0.4, 0.5) is 5.69 Å². The number of nitriles is 1. The zero-order valence-corrected chi connectivity index (χ0v) is 9.70. The van der Waals surface area contributed by atoms with E-state index in [0.29, 0.717) is 5.69 Å². The minimum Gasteiger partial charge on any atom is -0.258 e. The highest BCUT2D eigenvalue weighted by Crippen LogP contribution is 2.20. The summed E-state index contributed by atoms with van der Waals surface area (Å²) in [7, 11) is 0. The average Bonchev–Trinajstić information content (AvgIpc) is 2.86. The first-order valence-electron chi connectivity index (χ1n) is 5.38. The third-order valence-electron chi connectivity index (χ3n) is 2.60. The number of aromatic nitrogens is 2. The van der Waals surface area contributed by atoms with E-state index in [1.165, 1.54) is 18.2 Å². The number of nitro benzene ring substituents is 1. The summed E-state index contributed by atoms with van der Waals surface area (Å²) in [5.74, 6) is 0. The second kappa shape index (κ2) is 4.67. The second-order valence-electron chi connectivity index (χ2n) is 3.72. The van der Waals surface area contributed by atoms with E-state index in [9.17, 15) is 10.1 Å². The Labute approximate surface area is 103 Å². The Morgan fingerprint density at radius 2 is 2.33 bits per heavy atom. The first-order chi connectivity index (χ1) is 8.65. The van der Waals surface area contributed by atoms with Gasteiger partial charge in [-0.15, -0.1) is 0 Å². The molecule has 0 bridgehead atoms. The Bertz CT molecular complexity index is 640. The van der Waals surface area contributed by atoms with Crippen molar-refractivity contribution in [1.29, 1.82) is 5.26 Å². The molecule has 0 atom stereocenters. The van der Waals surface area contributed by atoms with Crippen molar-refractivity contribution < 1.29 is 4.92 Å². The highest BCUT2D eigenvalue weighted by Gasteiger charge is 2.12. The predicted octanol–water partition coefficient (Wildman–Crippen LogP) is 2.21. The number of hydrogen-bond acceptors (Lipinski definition) is 4. The molecule has 18 heavy (non-hydrogen) atoms. The van der Waals surface area contributed by atoms with Crippen LogP contribution in [0.1, 0.15) is 18.1 Å². The third-order valence-corrected chi connectivity index (χ3v) is 2.60. The highest BCUT2D eigenvalue weighted by molar-refractivity contribution is 5.54. The van der Waals surface area contributed by atoms with Crippen molar-refractivity contribution in [3.05, 3.63) is 51.8 Å². The largest absolute Gasteiger partial charge is 0.270 e. The number of nitrogens with zero attached hydrogens (tertiary/aromatic N) is 4. The molecular weight excluding hydrogens is 232 g/mol. The Morgan fingerprint density at radius 1 is 1.56 bits per heavy atom. The molecule has 0 amide bonds. The lowest BCUT2D eigenvalue weighted by atomic mass is 10.1. The summed E-state index contributed by atoms with van der Waals surface area (Å²) < 4.78 is 1.56. The van der Waals surface area contributed by atoms with Crippen molar-refractivity contribution in [3.63, 3.8) is 0 Å². The summed E-state index contributed by atoms with van der Waals surface area (Å²) >= 11 is 0. The van der Waals surface area contributed by atoms with Gasteiger partial charge < -0.3 is 0 Å². The van der Waals surface area contributed by atoms with E-state index < -0.39 is 4.92 Å². The average molecular weight is 242 g/mol. The Kier molecular flexibility index (Phi) is 3.06. The zero-order chi connectivity index (χ0) is 13.1. The fourth-order valence-corrected chi connectivity index (χ4v) is 1.60. The van der Waals surface area contributed by atoms with E-state index in [1.54, 1.807) is 10.9 Å². The molecule has 6 heteroatoms. The molecule has 0 unspecified atom stereocenters. The van der Waals surface area contributed by atoms with Crippen LogP contribution in [-0.2, 0) is 6.42 Å². The van der Waals surface area contributed by atoms with Gasteiger partial charge in [0.1, 0.15) is 6.07 Å². The SMILES string of the molecule is CCc1cnn(-c2ccc([N+](=O)[O-])cc2C#N)c1. The molecule has 6 nitrogen and oxygen atoms in total. The van der Waals surface area contributed by atoms with Gasteiger partial charge in [-0.05, 0) is 18.1 Å². The molecule has 2 aromatic rings. The van der Waals surface area contributed by atoms with Gasteiger partial charge in [0.25, 0.3) is 5.69 Å². The molecule has 0 aliphatic rings. The summed E-state index contributed by atoms with van der Waals surface area (Å²) in [5, 5.41) is 23.8. The van der Waals surface area contributed by atoms with Crippen LogP contribution >= 0.6 is 0 Å². The number of non-ortho nitro benzene ring substituents is 1. The Balaban J connectivity index is 2.51. The van der Waals surface area contributed by atoms with E-state index in [0.717, 1.165) is 12.0 Å². The van der Waals surface area contributed by atoms with Gasteiger partial charge in [-0.25, -0.2) is 4.68 Å². The molecule has 0 saturated heterocycles. The van der Waals surface area contributed by atoms with Crippen molar-refractivity contribution in [2.45, 2.75) is 13.3 Å². The molecule has 2 rings (SSSR count). The topological polar surface area (TPSA) is 84.8 Å². The number of hydrogen-bond donors (Lipinski definition) is 0. The molecule has 1 heterocycles. The molecule has 0 aliphatic carbocycles. The second-order valence-corrected chi connectivity index (χ2v) is 3.72. The van der Waals surface area contributed by atoms with Gasteiger partial charge in [-0.3, -0.25) is 10.1 Å². The summed E-state index contributed by atoms with van der Waals surface area (Å²) in [4.78, 5) is 10.1. The van der Waals surface area contributed by atoms with E-state index in [-0.39, 0.29) is 11.3 Å². The lowest BCUT2D eigenvalue weighted by Crippen LogP contribution is -1.99. The molecule has 0 N–H and O–H groups in total. The van der Waals surface area contributed by atoms with E-state index in [1.807, 2.05) is 19.2 Å². The Hall–Kier alpha value is -2.68. The zero-order valence-electron chi connectivity index (χ0n) is 9.70. The maximum Gasteiger partial charge on any atom is 0.270 e. The van der Waals surface area contributed by atoms with Gasteiger partial charge in [0.2, 0.25) is 0 Å². The first kappa shape index (κ1) is 11.8. The van der Waals surface area contributed by atoms with Crippen molar-refractivity contribution in [3.8, 4) is 11.8 Å². The van der Waals surface area contributed by atoms with Crippen molar-refractivity contribution in [1.82, 2.24) is 9.78 Å². The fourth-order valence-electron chi connectivity index (χ4n) is 1.60. The van der Waals surface area contributed by atoms with Gasteiger partial charge in [-0.2, -0.15) is 10.4 Å². The molecule has 0 fully saturated rings. The van der Waals surface area contributed by atoms with E-state index in [2.05, 4.69) is 5.10 Å². The van der Waals surface area contributed by atoms with Gasteiger partial charge in [0.15, 0.2) is 0 Å². The van der Waals surface area contributed by atoms with Crippen molar-refractivity contribution in [2.24, 2.45) is 0 Å². The number of benzene rings is 1. The van der Waals surface area contributed by atoms with Crippen molar-refractivity contribution >= 4 is 5.69 Å². The molecule has 0 aliphatic heterocycles. The molecule has 0 radical (unpaired) electrons. The number of aryl methyl sites for hydroxylation is 1.